The summed E-state index contributed by atoms with van der Waals surface area (Å²) in [5.41, 5.74) is 3.64. The Hall–Kier alpha value is -2.60. The summed E-state index contributed by atoms with van der Waals surface area (Å²) in [4.78, 5) is 8.99. The molecule has 126 valence electrons. The maximum Gasteiger partial charge on any atom is 0.230 e. The van der Waals surface area contributed by atoms with Gasteiger partial charge in [-0.1, -0.05) is 0 Å². The van der Waals surface area contributed by atoms with Crippen molar-refractivity contribution in [2.24, 2.45) is 4.99 Å². The van der Waals surface area contributed by atoms with E-state index < -0.39 is 0 Å². The maximum absolute atomic E-state index is 9.50. The predicted octanol–water partition coefficient (Wildman–Crippen LogP) is 3.47. The lowest BCUT2D eigenvalue weighted by Crippen LogP contribution is -2.26. The molecular formula is C18H21N3O3. The van der Waals surface area contributed by atoms with Gasteiger partial charge in [-0.3, -0.25) is 15.7 Å². The lowest BCUT2D eigenvalue weighted by Gasteiger charge is -2.22. The molecule has 1 heterocycles. The molecule has 1 aromatic carbocycles. The summed E-state index contributed by atoms with van der Waals surface area (Å²) < 4.78 is 11.1. The van der Waals surface area contributed by atoms with Gasteiger partial charge in [0.15, 0.2) is 5.84 Å². The van der Waals surface area contributed by atoms with E-state index in [1.165, 1.54) is 6.42 Å². The molecule has 0 unspecified atom stereocenters. The van der Waals surface area contributed by atoms with E-state index in [9.17, 15) is 5.21 Å². The molecule has 0 atom stereocenters. The Kier molecular flexibility index (Phi) is 4.96. The van der Waals surface area contributed by atoms with Crippen molar-refractivity contribution in [2.45, 2.75) is 32.2 Å². The van der Waals surface area contributed by atoms with Crippen LogP contribution in [0.4, 0.5) is 0 Å². The lowest BCUT2D eigenvalue weighted by atomic mass is 9.94. The van der Waals surface area contributed by atoms with Crippen LogP contribution in [0.15, 0.2) is 41.4 Å². The molecule has 6 nitrogen and oxygen atoms in total. The van der Waals surface area contributed by atoms with Gasteiger partial charge in [0.25, 0.3) is 0 Å². The smallest absolute Gasteiger partial charge is 0.230 e. The summed E-state index contributed by atoms with van der Waals surface area (Å²) in [7, 11) is 1.62. The molecule has 2 N–H and O–H groups in total. The molecule has 1 aliphatic rings. The van der Waals surface area contributed by atoms with Gasteiger partial charge in [0.1, 0.15) is 11.5 Å². The molecule has 24 heavy (non-hydrogen) atoms. The average Bonchev–Trinajstić information content (AvgIpc) is 2.56. The lowest BCUT2D eigenvalue weighted by molar-refractivity contribution is 0.232. The SMILES string of the molecule is COc1ccc(Oc2nc(C)ccc2C(=NC2CCC2)NO)cc1. The van der Waals surface area contributed by atoms with Crippen molar-refractivity contribution in [1.82, 2.24) is 10.5 Å². The fourth-order valence-electron chi connectivity index (χ4n) is 2.40. The van der Waals surface area contributed by atoms with Gasteiger partial charge in [-0.05, 0) is 62.6 Å². The summed E-state index contributed by atoms with van der Waals surface area (Å²) in [5, 5.41) is 9.50. The van der Waals surface area contributed by atoms with Crippen LogP contribution in [-0.4, -0.2) is 29.2 Å². The Bertz CT molecular complexity index is 725. The van der Waals surface area contributed by atoms with Crippen molar-refractivity contribution in [3.05, 3.63) is 47.7 Å². The number of aliphatic imine (C=N–C) groups is 1. The molecule has 0 amide bonds. The highest BCUT2D eigenvalue weighted by Gasteiger charge is 2.20. The molecule has 6 heteroatoms. The number of hydrogen-bond acceptors (Lipinski definition) is 5. The van der Waals surface area contributed by atoms with Gasteiger partial charge in [-0.25, -0.2) is 4.98 Å². The largest absolute Gasteiger partial charge is 0.497 e. The van der Waals surface area contributed by atoms with Crippen LogP contribution in [0.25, 0.3) is 0 Å². The van der Waals surface area contributed by atoms with Crippen LogP contribution in [0.1, 0.15) is 30.5 Å². The molecule has 1 saturated carbocycles. The zero-order valence-corrected chi connectivity index (χ0v) is 13.8. The first-order valence-electron chi connectivity index (χ1n) is 7.97. The Morgan fingerprint density at radius 2 is 1.88 bits per heavy atom. The monoisotopic (exact) mass is 327 g/mol. The molecule has 0 aliphatic heterocycles. The van der Waals surface area contributed by atoms with Crippen LogP contribution in [-0.2, 0) is 0 Å². The Balaban J connectivity index is 1.90. The number of nitrogens with one attached hydrogen (secondary N) is 1. The van der Waals surface area contributed by atoms with Crippen molar-refractivity contribution in [3.63, 3.8) is 0 Å². The molecule has 1 aromatic heterocycles. The summed E-state index contributed by atoms with van der Waals surface area (Å²) >= 11 is 0. The summed E-state index contributed by atoms with van der Waals surface area (Å²) in [6, 6.07) is 11.2. The van der Waals surface area contributed by atoms with Gasteiger partial charge in [0, 0.05) is 5.69 Å². The molecule has 1 fully saturated rings. The van der Waals surface area contributed by atoms with E-state index >= 15 is 0 Å². The zero-order chi connectivity index (χ0) is 16.9. The van der Waals surface area contributed by atoms with Crippen molar-refractivity contribution >= 4 is 5.84 Å². The van der Waals surface area contributed by atoms with E-state index in [-0.39, 0.29) is 6.04 Å². The number of rotatable bonds is 5. The summed E-state index contributed by atoms with van der Waals surface area (Å²) in [6.45, 7) is 1.89. The fourth-order valence-corrected chi connectivity index (χ4v) is 2.40. The summed E-state index contributed by atoms with van der Waals surface area (Å²) in [5.74, 6) is 2.18. The van der Waals surface area contributed by atoms with Crippen LogP contribution >= 0.6 is 0 Å². The third kappa shape index (κ3) is 3.65. The van der Waals surface area contributed by atoms with Crippen LogP contribution < -0.4 is 15.0 Å². The summed E-state index contributed by atoms with van der Waals surface area (Å²) in [6.07, 6.45) is 3.26. The Morgan fingerprint density at radius 3 is 2.46 bits per heavy atom. The minimum atomic E-state index is 0.245. The standard InChI is InChI=1S/C18H21N3O3/c1-12-6-11-16(17(21-22)20-13-4-3-5-13)18(19-12)24-15-9-7-14(23-2)8-10-15/h6-11,13,22H,3-5H2,1-2H3,(H,20,21). The highest BCUT2D eigenvalue weighted by Crippen LogP contribution is 2.27. The number of aromatic nitrogens is 1. The number of ether oxygens (including phenoxy) is 2. The Labute approximate surface area is 141 Å². The number of hydroxylamine groups is 1. The van der Waals surface area contributed by atoms with E-state index in [4.69, 9.17) is 9.47 Å². The number of aryl methyl sites for hydroxylation is 1. The topological polar surface area (TPSA) is 76.0 Å². The molecule has 0 radical (unpaired) electrons. The van der Waals surface area contributed by atoms with Crippen LogP contribution in [0, 0.1) is 6.92 Å². The molecule has 2 aromatic rings. The van der Waals surface area contributed by atoms with Crippen molar-refractivity contribution in [1.29, 1.82) is 0 Å². The third-order valence-corrected chi connectivity index (χ3v) is 4.02. The van der Waals surface area contributed by atoms with Crippen LogP contribution in [0.5, 0.6) is 17.4 Å². The molecule has 1 aliphatic carbocycles. The van der Waals surface area contributed by atoms with Crippen molar-refractivity contribution < 1.29 is 14.7 Å². The quantitative estimate of drug-likeness (QED) is 0.499. The number of amidine groups is 1. The molecule has 0 bridgehead atoms. The van der Waals surface area contributed by atoms with E-state index in [0.29, 0.717) is 23.0 Å². The zero-order valence-electron chi connectivity index (χ0n) is 13.8. The van der Waals surface area contributed by atoms with E-state index in [1.54, 1.807) is 7.11 Å². The molecule has 3 rings (SSSR count). The van der Waals surface area contributed by atoms with Gasteiger partial charge in [0.2, 0.25) is 5.88 Å². The van der Waals surface area contributed by atoms with E-state index in [0.717, 1.165) is 24.3 Å². The fraction of sp³-hybridized carbons (Fsp3) is 0.333. The van der Waals surface area contributed by atoms with E-state index in [1.807, 2.05) is 43.3 Å². The minimum absolute atomic E-state index is 0.245. The van der Waals surface area contributed by atoms with Crippen molar-refractivity contribution in [2.75, 3.05) is 7.11 Å². The Morgan fingerprint density at radius 1 is 1.17 bits per heavy atom. The highest BCUT2D eigenvalue weighted by atomic mass is 16.5. The second-order valence-electron chi connectivity index (χ2n) is 5.76. The van der Waals surface area contributed by atoms with E-state index in [2.05, 4.69) is 15.5 Å². The molecular weight excluding hydrogens is 306 g/mol. The third-order valence-electron chi connectivity index (χ3n) is 4.02. The van der Waals surface area contributed by atoms with Gasteiger partial charge >= 0.3 is 0 Å². The number of hydrogen-bond donors (Lipinski definition) is 2. The predicted molar refractivity (Wildman–Crippen MR) is 91.1 cm³/mol. The van der Waals surface area contributed by atoms with Gasteiger partial charge in [0.05, 0.1) is 18.7 Å². The van der Waals surface area contributed by atoms with Crippen LogP contribution in [0.2, 0.25) is 0 Å². The van der Waals surface area contributed by atoms with Crippen molar-refractivity contribution in [3.8, 4) is 17.4 Å². The molecule has 0 saturated heterocycles. The second kappa shape index (κ2) is 7.31. The number of benzene rings is 1. The van der Waals surface area contributed by atoms with Crippen LogP contribution in [0.3, 0.4) is 0 Å². The first kappa shape index (κ1) is 16.3. The highest BCUT2D eigenvalue weighted by molar-refractivity contribution is 6.00. The first-order valence-corrected chi connectivity index (χ1v) is 7.97. The molecule has 0 spiro atoms. The van der Waals surface area contributed by atoms with Gasteiger partial charge in [-0.15, -0.1) is 0 Å². The minimum Gasteiger partial charge on any atom is -0.497 e. The number of nitrogens with zero attached hydrogens (tertiary/aromatic N) is 2. The second-order valence-corrected chi connectivity index (χ2v) is 5.76. The maximum atomic E-state index is 9.50. The normalized spacial score (nSPS) is 14.9. The number of methoxy groups -OCH3 is 1. The first-order chi connectivity index (χ1) is 11.7. The number of pyridine rings is 1. The van der Waals surface area contributed by atoms with Gasteiger partial charge < -0.3 is 9.47 Å². The average molecular weight is 327 g/mol. The van der Waals surface area contributed by atoms with Gasteiger partial charge in [-0.2, -0.15) is 0 Å².